The third-order valence-corrected chi connectivity index (χ3v) is 4.33. The van der Waals surface area contributed by atoms with Gasteiger partial charge in [-0.25, -0.2) is 0 Å². The van der Waals surface area contributed by atoms with Gasteiger partial charge in [0, 0.05) is 25.3 Å². The fourth-order valence-electron chi connectivity index (χ4n) is 3.22. The van der Waals surface area contributed by atoms with Crippen LogP contribution in [0.5, 0.6) is 0 Å². The van der Waals surface area contributed by atoms with Gasteiger partial charge in [0.1, 0.15) is 0 Å². The highest BCUT2D eigenvalue weighted by Crippen LogP contribution is 2.30. The van der Waals surface area contributed by atoms with Crippen molar-refractivity contribution in [2.45, 2.75) is 38.1 Å². The minimum absolute atomic E-state index is 0.466. The van der Waals surface area contributed by atoms with Gasteiger partial charge in [0.05, 0.1) is 0 Å². The van der Waals surface area contributed by atoms with Crippen molar-refractivity contribution in [3.05, 3.63) is 29.3 Å². The van der Waals surface area contributed by atoms with E-state index in [4.69, 9.17) is 5.73 Å². The van der Waals surface area contributed by atoms with E-state index >= 15 is 0 Å². The summed E-state index contributed by atoms with van der Waals surface area (Å²) in [7, 11) is 2.21. The van der Waals surface area contributed by atoms with Crippen LogP contribution in [0.15, 0.2) is 18.2 Å². The maximum Gasteiger partial charge on any atom is 0.0366 e. The number of hydrogen-bond acceptors (Lipinski definition) is 2. The van der Waals surface area contributed by atoms with Gasteiger partial charge in [0.25, 0.3) is 0 Å². The molecular formula is C15H22N2. The van der Waals surface area contributed by atoms with Gasteiger partial charge in [0.2, 0.25) is 0 Å². The summed E-state index contributed by atoms with van der Waals surface area (Å²) >= 11 is 0. The van der Waals surface area contributed by atoms with Crippen LogP contribution >= 0.6 is 0 Å². The zero-order valence-corrected chi connectivity index (χ0v) is 10.7. The van der Waals surface area contributed by atoms with Gasteiger partial charge in [0.15, 0.2) is 0 Å². The van der Waals surface area contributed by atoms with Gasteiger partial charge < -0.3 is 10.6 Å². The predicted octanol–water partition coefficient (Wildman–Crippen LogP) is 2.35. The van der Waals surface area contributed by atoms with Gasteiger partial charge >= 0.3 is 0 Å². The number of hydrogen-bond donors (Lipinski definition) is 1. The molecule has 0 amide bonds. The van der Waals surface area contributed by atoms with Crippen LogP contribution in [0.3, 0.4) is 0 Å². The molecule has 0 unspecified atom stereocenters. The maximum absolute atomic E-state index is 5.84. The van der Waals surface area contributed by atoms with Gasteiger partial charge in [-0.05, 0) is 61.3 Å². The molecule has 2 aliphatic rings. The van der Waals surface area contributed by atoms with E-state index in [1.807, 2.05) is 0 Å². The Kier molecular flexibility index (Phi) is 2.83. The van der Waals surface area contributed by atoms with E-state index in [0.717, 1.165) is 12.5 Å². The molecule has 0 heterocycles. The summed E-state index contributed by atoms with van der Waals surface area (Å²) in [6.45, 7) is 1.16. The van der Waals surface area contributed by atoms with E-state index in [1.165, 1.54) is 37.8 Å². The number of benzene rings is 1. The Morgan fingerprint density at radius 2 is 2.00 bits per heavy atom. The van der Waals surface area contributed by atoms with Crippen LogP contribution in [-0.4, -0.2) is 19.6 Å². The highest BCUT2D eigenvalue weighted by Gasteiger charge is 2.27. The third-order valence-electron chi connectivity index (χ3n) is 4.33. The lowest BCUT2D eigenvalue weighted by molar-refractivity contribution is 0.271. The number of rotatable bonds is 3. The number of fused-ring (bicyclic) bond motifs is 1. The zero-order chi connectivity index (χ0) is 11.8. The number of nitrogens with zero attached hydrogens (tertiary/aromatic N) is 1. The average Bonchev–Trinajstić information content (AvgIpc) is 2.73. The Morgan fingerprint density at radius 3 is 2.76 bits per heavy atom. The first-order chi connectivity index (χ1) is 8.22. The molecule has 2 nitrogen and oxygen atoms in total. The van der Waals surface area contributed by atoms with Crippen LogP contribution in [0, 0.1) is 5.92 Å². The molecule has 1 aromatic rings. The Hall–Kier alpha value is -1.02. The molecule has 2 heteroatoms. The molecule has 3 rings (SSSR count). The Labute approximate surface area is 104 Å². The number of anilines is 1. The fraction of sp³-hybridized carbons (Fsp3) is 0.600. The molecule has 0 spiro atoms. The summed E-state index contributed by atoms with van der Waals surface area (Å²) < 4.78 is 0. The molecule has 2 N–H and O–H groups in total. The molecule has 17 heavy (non-hydrogen) atoms. The van der Waals surface area contributed by atoms with E-state index < -0.39 is 0 Å². The topological polar surface area (TPSA) is 29.3 Å². The molecule has 1 fully saturated rings. The fourth-order valence-corrected chi connectivity index (χ4v) is 3.22. The zero-order valence-electron chi connectivity index (χ0n) is 10.7. The summed E-state index contributed by atoms with van der Waals surface area (Å²) in [5, 5.41) is 0. The monoisotopic (exact) mass is 230 g/mol. The first-order valence-corrected chi connectivity index (χ1v) is 6.81. The second kappa shape index (κ2) is 4.34. The van der Waals surface area contributed by atoms with Crippen molar-refractivity contribution >= 4 is 5.69 Å². The summed E-state index contributed by atoms with van der Waals surface area (Å²) in [5.74, 6) is 0.809. The van der Waals surface area contributed by atoms with Crippen LogP contribution < -0.4 is 10.6 Å². The van der Waals surface area contributed by atoms with Crippen LogP contribution in [0.25, 0.3) is 0 Å². The van der Waals surface area contributed by atoms with Crippen LogP contribution in [0.1, 0.15) is 30.4 Å². The maximum atomic E-state index is 5.84. The van der Waals surface area contributed by atoms with Crippen molar-refractivity contribution in [3.63, 3.8) is 0 Å². The number of aryl methyl sites for hydroxylation is 2. The summed E-state index contributed by atoms with van der Waals surface area (Å²) in [6.07, 6.45) is 6.28. The number of nitrogens with two attached hydrogens (primary N) is 1. The molecule has 92 valence electrons. The van der Waals surface area contributed by atoms with Crippen molar-refractivity contribution < 1.29 is 0 Å². The highest BCUT2D eigenvalue weighted by atomic mass is 15.1. The van der Waals surface area contributed by atoms with E-state index in [2.05, 4.69) is 30.1 Å². The Morgan fingerprint density at radius 1 is 1.24 bits per heavy atom. The molecule has 2 aliphatic carbocycles. The van der Waals surface area contributed by atoms with Crippen molar-refractivity contribution in [1.29, 1.82) is 0 Å². The van der Waals surface area contributed by atoms with Crippen molar-refractivity contribution in [1.82, 2.24) is 0 Å². The average molecular weight is 230 g/mol. The highest BCUT2D eigenvalue weighted by molar-refractivity contribution is 5.51. The van der Waals surface area contributed by atoms with Gasteiger partial charge in [-0.1, -0.05) is 6.07 Å². The van der Waals surface area contributed by atoms with E-state index in [9.17, 15) is 0 Å². The van der Waals surface area contributed by atoms with Crippen LogP contribution in [-0.2, 0) is 12.8 Å². The molecule has 0 radical (unpaired) electrons. The third kappa shape index (κ3) is 2.19. The summed E-state index contributed by atoms with van der Waals surface area (Å²) in [5.41, 5.74) is 10.4. The standard InChI is InChI=1S/C15H22N2/c1-17(10-11-7-14(16)8-11)15-6-5-12-3-2-4-13(12)9-15/h5-6,9,11,14H,2-4,7-8,10,16H2,1H3. The molecule has 0 saturated heterocycles. The van der Waals surface area contributed by atoms with Gasteiger partial charge in [-0.15, -0.1) is 0 Å². The molecule has 0 aromatic heterocycles. The van der Waals surface area contributed by atoms with Gasteiger partial charge in [-0.3, -0.25) is 0 Å². The van der Waals surface area contributed by atoms with E-state index in [0.29, 0.717) is 6.04 Å². The molecule has 1 saturated carbocycles. The SMILES string of the molecule is CN(CC1CC(N)C1)c1ccc2c(c1)CCC2. The van der Waals surface area contributed by atoms with Crippen molar-refractivity contribution in [2.75, 3.05) is 18.5 Å². The van der Waals surface area contributed by atoms with E-state index in [1.54, 1.807) is 11.1 Å². The van der Waals surface area contributed by atoms with Crippen molar-refractivity contribution in [2.24, 2.45) is 11.7 Å². The van der Waals surface area contributed by atoms with Crippen LogP contribution in [0.2, 0.25) is 0 Å². The second-order valence-electron chi connectivity index (χ2n) is 5.78. The quantitative estimate of drug-likeness (QED) is 0.863. The Balaban J connectivity index is 1.67. The molecule has 0 bridgehead atoms. The second-order valence-corrected chi connectivity index (χ2v) is 5.78. The lowest BCUT2D eigenvalue weighted by Crippen LogP contribution is -2.41. The lowest BCUT2D eigenvalue weighted by atomic mass is 9.80. The van der Waals surface area contributed by atoms with Crippen molar-refractivity contribution in [3.8, 4) is 0 Å². The summed E-state index contributed by atoms with van der Waals surface area (Å²) in [4.78, 5) is 2.40. The van der Waals surface area contributed by atoms with Gasteiger partial charge in [-0.2, -0.15) is 0 Å². The normalized spacial score (nSPS) is 26.5. The lowest BCUT2D eigenvalue weighted by Gasteiger charge is -2.36. The molecule has 1 aromatic carbocycles. The molecular weight excluding hydrogens is 208 g/mol. The predicted molar refractivity (Wildman–Crippen MR) is 72.4 cm³/mol. The summed E-state index contributed by atoms with van der Waals surface area (Å²) in [6, 6.07) is 7.46. The van der Waals surface area contributed by atoms with E-state index in [-0.39, 0.29) is 0 Å². The van der Waals surface area contributed by atoms with Crippen LogP contribution in [0.4, 0.5) is 5.69 Å². The smallest absolute Gasteiger partial charge is 0.0366 e. The Bertz CT molecular complexity index is 407. The minimum Gasteiger partial charge on any atom is -0.374 e. The molecule has 0 atom stereocenters. The largest absolute Gasteiger partial charge is 0.374 e. The first-order valence-electron chi connectivity index (χ1n) is 6.81. The minimum atomic E-state index is 0.466. The molecule has 0 aliphatic heterocycles. The first kappa shape index (κ1) is 11.1.